The molecule has 0 N–H and O–H groups in total. The minimum Gasteiger partial charge on any atom is -0.269 e. The summed E-state index contributed by atoms with van der Waals surface area (Å²) in [6.07, 6.45) is 1.89. The molecule has 76 valence electrons. The summed E-state index contributed by atoms with van der Waals surface area (Å²) in [6.45, 7) is 9.52. The zero-order chi connectivity index (χ0) is 10.7. The monoisotopic (exact) mass is 256 g/mol. The van der Waals surface area contributed by atoms with E-state index in [1.165, 1.54) is 0 Å². The van der Waals surface area contributed by atoms with Gasteiger partial charge in [0.2, 0.25) is 0 Å². The van der Waals surface area contributed by atoms with E-state index in [9.17, 15) is 0 Å². The Bertz CT molecular complexity index is 361. The van der Waals surface area contributed by atoms with Crippen LogP contribution in [0.25, 0.3) is 6.20 Å². The lowest BCUT2D eigenvalue weighted by molar-refractivity contribution is 0.756. The molecule has 4 nitrogen and oxygen atoms in total. The van der Waals surface area contributed by atoms with Crippen molar-refractivity contribution in [2.75, 3.05) is 0 Å². The van der Waals surface area contributed by atoms with E-state index < -0.39 is 0 Å². The topological polar surface area (TPSA) is 43.1 Å². The van der Waals surface area contributed by atoms with E-state index in [4.69, 9.17) is 0 Å². The number of nitrogens with zero attached hydrogens (tertiary/aromatic N) is 4. The maximum absolute atomic E-state index is 4.05. The smallest absolute Gasteiger partial charge is 0.254 e. The van der Waals surface area contributed by atoms with E-state index >= 15 is 0 Å². The molecule has 1 rings (SSSR count). The quantitative estimate of drug-likeness (QED) is 0.781. The molecule has 0 aliphatic carbocycles. The predicted octanol–water partition coefficient (Wildman–Crippen LogP) is 2.95. The van der Waals surface area contributed by atoms with Crippen LogP contribution in [0.3, 0.4) is 0 Å². The molecule has 0 atom stereocenters. The molecule has 0 aliphatic heterocycles. The molecule has 0 bridgehead atoms. The highest BCUT2D eigenvalue weighted by molar-refractivity contribution is 9.11. The molecule has 0 saturated heterocycles. The van der Waals surface area contributed by atoms with Crippen LogP contribution in [0.5, 0.6) is 0 Å². The van der Waals surface area contributed by atoms with Gasteiger partial charge in [-0.2, -0.15) is 0 Å². The van der Waals surface area contributed by atoms with Gasteiger partial charge >= 0.3 is 0 Å². The van der Waals surface area contributed by atoms with Gasteiger partial charge in [-0.25, -0.2) is 4.99 Å². The van der Waals surface area contributed by atoms with E-state index in [1.54, 1.807) is 0 Å². The van der Waals surface area contributed by atoms with Crippen LogP contribution in [0.15, 0.2) is 9.47 Å². The SMILES string of the molecule is C=Nc1nnc(C(C)C)n1/C=C(\C)Br. The van der Waals surface area contributed by atoms with Crippen LogP contribution < -0.4 is 0 Å². The van der Waals surface area contributed by atoms with Crippen molar-refractivity contribution < 1.29 is 0 Å². The summed E-state index contributed by atoms with van der Waals surface area (Å²) in [6, 6.07) is 0. The average molecular weight is 257 g/mol. The molecule has 1 aromatic rings. The van der Waals surface area contributed by atoms with Gasteiger partial charge in [0.1, 0.15) is 5.82 Å². The molecule has 14 heavy (non-hydrogen) atoms. The largest absolute Gasteiger partial charge is 0.269 e. The summed E-state index contributed by atoms with van der Waals surface area (Å²) < 4.78 is 2.82. The van der Waals surface area contributed by atoms with Gasteiger partial charge in [-0.3, -0.25) is 4.57 Å². The van der Waals surface area contributed by atoms with Crippen LogP contribution in [0.1, 0.15) is 32.5 Å². The highest BCUT2D eigenvalue weighted by Crippen LogP contribution is 2.20. The van der Waals surface area contributed by atoms with E-state index in [0.717, 1.165) is 10.3 Å². The standard InChI is InChI=1S/C9H13BrN4/c1-6(2)8-12-13-9(11-4)14(8)5-7(3)10/h5-6H,4H2,1-3H3/b7-5+. The fourth-order valence-corrected chi connectivity index (χ4v) is 1.30. The van der Waals surface area contributed by atoms with Crippen LogP contribution in [0.2, 0.25) is 0 Å². The molecule has 1 aromatic heterocycles. The van der Waals surface area contributed by atoms with E-state index in [0.29, 0.717) is 11.9 Å². The minimum atomic E-state index is 0.307. The third kappa shape index (κ3) is 2.29. The summed E-state index contributed by atoms with van der Waals surface area (Å²) in [5, 5.41) is 7.98. The van der Waals surface area contributed by atoms with E-state index in [1.807, 2.05) is 17.7 Å². The molecular formula is C9H13BrN4. The molecule has 0 amide bonds. The van der Waals surface area contributed by atoms with Gasteiger partial charge in [0, 0.05) is 16.6 Å². The van der Waals surface area contributed by atoms with Gasteiger partial charge < -0.3 is 0 Å². The van der Waals surface area contributed by atoms with E-state index in [2.05, 4.69) is 51.7 Å². The van der Waals surface area contributed by atoms with Crippen molar-refractivity contribution in [2.24, 2.45) is 4.99 Å². The Morgan fingerprint density at radius 2 is 2.21 bits per heavy atom. The first-order valence-corrected chi connectivity index (χ1v) is 5.11. The predicted molar refractivity (Wildman–Crippen MR) is 62.2 cm³/mol. The molecule has 0 unspecified atom stereocenters. The van der Waals surface area contributed by atoms with Crippen molar-refractivity contribution in [3.63, 3.8) is 0 Å². The van der Waals surface area contributed by atoms with Crippen molar-refractivity contribution in [2.45, 2.75) is 26.7 Å². The summed E-state index contributed by atoms with van der Waals surface area (Å²) in [5.41, 5.74) is 0. The fourth-order valence-electron chi connectivity index (χ4n) is 1.10. The third-order valence-corrected chi connectivity index (χ3v) is 1.87. The number of hydrogen-bond donors (Lipinski definition) is 0. The van der Waals surface area contributed by atoms with Gasteiger partial charge in [0.15, 0.2) is 0 Å². The van der Waals surface area contributed by atoms with Gasteiger partial charge in [-0.1, -0.05) is 29.8 Å². The zero-order valence-corrected chi connectivity index (χ0v) is 10.1. The van der Waals surface area contributed by atoms with Crippen molar-refractivity contribution in [3.05, 3.63) is 10.3 Å². The third-order valence-electron chi connectivity index (χ3n) is 1.67. The van der Waals surface area contributed by atoms with Gasteiger partial charge in [0.25, 0.3) is 5.95 Å². The second kappa shape index (κ2) is 4.50. The van der Waals surface area contributed by atoms with Crippen LogP contribution in [0, 0.1) is 0 Å². The molecule has 0 fully saturated rings. The first-order valence-electron chi connectivity index (χ1n) is 4.31. The lowest BCUT2D eigenvalue weighted by Crippen LogP contribution is -1.98. The van der Waals surface area contributed by atoms with Crippen molar-refractivity contribution in [1.29, 1.82) is 0 Å². The van der Waals surface area contributed by atoms with Crippen LogP contribution in [-0.4, -0.2) is 21.5 Å². The first kappa shape index (κ1) is 11.1. The molecule has 5 heteroatoms. The molecule has 0 radical (unpaired) electrons. The summed E-state index contributed by atoms with van der Waals surface area (Å²) in [7, 11) is 0. The maximum Gasteiger partial charge on any atom is 0.254 e. The Labute approximate surface area is 91.9 Å². The highest BCUT2D eigenvalue weighted by atomic mass is 79.9. The Morgan fingerprint density at radius 1 is 1.57 bits per heavy atom. The van der Waals surface area contributed by atoms with Gasteiger partial charge in [-0.15, -0.1) is 10.2 Å². The van der Waals surface area contributed by atoms with Crippen molar-refractivity contribution in [1.82, 2.24) is 14.8 Å². The molecular weight excluding hydrogens is 244 g/mol. The summed E-state index contributed by atoms with van der Waals surface area (Å²) in [4.78, 5) is 3.80. The Kier molecular flexibility index (Phi) is 3.57. The number of rotatable bonds is 3. The average Bonchev–Trinajstić information content (AvgIpc) is 2.46. The number of hydrogen-bond acceptors (Lipinski definition) is 3. The molecule has 1 heterocycles. The molecule has 0 aliphatic rings. The lowest BCUT2D eigenvalue weighted by Gasteiger charge is -2.05. The zero-order valence-electron chi connectivity index (χ0n) is 8.53. The summed E-state index contributed by atoms with van der Waals surface area (Å²) in [5.74, 6) is 1.71. The lowest BCUT2D eigenvalue weighted by atomic mass is 10.2. The Morgan fingerprint density at radius 3 is 2.64 bits per heavy atom. The van der Waals surface area contributed by atoms with E-state index in [-0.39, 0.29) is 0 Å². The molecule has 0 aromatic carbocycles. The van der Waals surface area contributed by atoms with Crippen LogP contribution in [0.4, 0.5) is 5.95 Å². The fraction of sp³-hybridized carbons (Fsp3) is 0.444. The number of allylic oxidation sites excluding steroid dienone is 1. The van der Waals surface area contributed by atoms with Crippen LogP contribution in [-0.2, 0) is 0 Å². The maximum atomic E-state index is 4.05. The normalized spacial score (nSPS) is 12.2. The number of halogens is 1. The number of aliphatic imine (C=N–C) groups is 1. The van der Waals surface area contributed by atoms with Gasteiger partial charge in [0.05, 0.1) is 0 Å². The second-order valence-electron chi connectivity index (χ2n) is 3.26. The van der Waals surface area contributed by atoms with Crippen LogP contribution >= 0.6 is 15.9 Å². The van der Waals surface area contributed by atoms with Crippen molar-refractivity contribution in [3.8, 4) is 0 Å². The molecule has 0 saturated carbocycles. The Hall–Kier alpha value is -0.970. The number of aromatic nitrogens is 3. The minimum absolute atomic E-state index is 0.307. The highest BCUT2D eigenvalue weighted by Gasteiger charge is 2.11. The summed E-state index contributed by atoms with van der Waals surface area (Å²) >= 11 is 3.37. The second-order valence-corrected chi connectivity index (χ2v) is 4.51. The van der Waals surface area contributed by atoms with Crippen molar-refractivity contribution >= 4 is 34.8 Å². The van der Waals surface area contributed by atoms with Gasteiger partial charge in [-0.05, 0) is 13.6 Å². The molecule has 0 spiro atoms. The first-order chi connectivity index (χ1) is 6.56. The Balaban J connectivity index is 3.26.